The van der Waals surface area contributed by atoms with E-state index in [1.165, 1.54) is 5.56 Å². The summed E-state index contributed by atoms with van der Waals surface area (Å²) in [6.45, 7) is 4.12. The topological polar surface area (TPSA) is 29.9 Å². The monoisotopic (exact) mass is 366 g/mol. The van der Waals surface area contributed by atoms with Crippen molar-refractivity contribution in [2.75, 3.05) is 0 Å². The number of hydrogen-bond donors (Lipinski definition) is 0. The molecular formula is C15H15IN2O. The molecule has 0 N–H and O–H groups in total. The van der Waals surface area contributed by atoms with Crippen LogP contribution in [0.5, 0.6) is 0 Å². The van der Waals surface area contributed by atoms with Crippen LogP contribution < -0.4 is 28.5 Å². The second kappa shape index (κ2) is 5.28. The Labute approximate surface area is 129 Å². The Morgan fingerprint density at radius 2 is 1.79 bits per heavy atom. The molecule has 0 radical (unpaired) electrons. The van der Waals surface area contributed by atoms with E-state index in [2.05, 4.69) is 31.0 Å². The summed E-state index contributed by atoms with van der Waals surface area (Å²) in [7, 11) is 1.99. The average molecular weight is 366 g/mol. The second-order valence-corrected chi connectivity index (χ2v) is 4.70. The van der Waals surface area contributed by atoms with E-state index in [0.717, 1.165) is 22.2 Å². The number of fused-ring (bicyclic) bond motifs is 1. The first kappa shape index (κ1) is 14.0. The van der Waals surface area contributed by atoms with Crippen LogP contribution in [0.25, 0.3) is 22.6 Å². The minimum atomic E-state index is 0. The zero-order valence-corrected chi connectivity index (χ0v) is 13.3. The number of halogens is 1. The lowest BCUT2D eigenvalue weighted by Gasteiger charge is -1.95. The quantitative estimate of drug-likeness (QED) is 0.446. The van der Waals surface area contributed by atoms with Gasteiger partial charge in [0.2, 0.25) is 5.89 Å². The van der Waals surface area contributed by atoms with Gasteiger partial charge < -0.3 is 28.4 Å². The van der Waals surface area contributed by atoms with Crippen molar-refractivity contribution in [3.8, 4) is 11.5 Å². The Kier molecular flexibility index (Phi) is 3.89. The molecule has 19 heavy (non-hydrogen) atoms. The van der Waals surface area contributed by atoms with E-state index in [9.17, 15) is 0 Å². The summed E-state index contributed by atoms with van der Waals surface area (Å²) in [6, 6.07) is 8.18. The molecule has 0 aliphatic heterocycles. The first-order chi connectivity index (χ1) is 8.63. The number of nitrogens with zero attached hydrogens (tertiary/aromatic N) is 2. The molecule has 3 rings (SSSR count). The number of aryl methyl sites for hydroxylation is 3. The van der Waals surface area contributed by atoms with Crippen LogP contribution in [0.3, 0.4) is 0 Å². The minimum absolute atomic E-state index is 0. The van der Waals surface area contributed by atoms with E-state index in [-0.39, 0.29) is 24.0 Å². The summed E-state index contributed by atoms with van der Waals surface area (Å²) < 4.78 is 7.85. The predicted octanol–water partition coefficient (Wildman–Crippen LogP) is -0.0599. The van der Waals surface area contributed by atoms with E-state index in [4.69, 9.17) is 4.42 Å². The van der Waals surface area contributed by atoms with Crippen molar-refractivity contribution >= 4 is 11.1 Å². The lowest BCUT2D eigenvalue weighted by atomic mass is 10.1. The Morgan fingerprint density at radius 3 is 2.47 bits per heavy atom. The van der Waals surface area contributed by atoms with Crippen molar-refractivity contribution in [1.29, 1.82) is 0 Å². The number of rotatable bonds is 1. The van der Waals surface area contributed by atoms with Gasteiger partial charge in [0.05, 0.1) is 0 Å². The van der Waals surface area contributed by atoms with Crippen LogP contribution in [-0.2, 0) is 7.05 Å². The van der Waals surface area contributed by atoms with E-state index >= 15 is 0 Å². The predicted molar refractivity (Wildman–Crippen MR) is 70.1 cm³/mol. The fourth-order valence-electron chi connectivity index (χ4n) is 2.14. The van der Waals surface area contributed by atoms with Crippen molar-refractivity contribution in [2.24, 2.45) is 7.05 Å². The lowest BCUT2D eigenvalue weighted by molar-refractivity contribution is -0.671. The fraction of sp³-hybridized carbons (Fsp3) is 0.200. The van der Waals surface area contributed by atoms with Crippen molar-refractivity contribution in [3.05, 3.63) is 47.8 Å². The van der Waals surface area contributed by atoms with Crippen molar-refractivity contribution in [2.45, 2.75) is 13.8 Å². The molecule has 0 saturated carbocycles. The zero-order valence-electron chi connectivity index (χ0n) is 11.1. The van der Waals surface area contributed by atoms with Crippen molar-refractivity contribution in [1.82, 2.24) is 4.98 Å². The van der Waals surface area contributed by atoms with E-state index < -0.39 is 0 Å². The molecule has 0 saturated heterocycles. The van der Waals surface area contributed by atoms with Crippen molar-refractivity contribution in [3.63, 3.8) is 0 Å². The fourth-order valence-corrected chi connectivity index (χ4v) is 2.14. The maximum atomic E-state index is 5.86. The SMILES string of the molecule is Cc1cc(C)c2oc(-c3cc[n+](C)cc3)nc2c1.[I-]. The standard InChI is InChI=1S/C15H15N2O.HI/c1-10-8-11(2)14-13(9-10)16-15(18-14)12-4-6-17(3)7-5-12;/h4-9H,1-3H3;1H/q+1;/p-1. The van der Waals surface area contributed by atoms with Gasteiger partial charge in [0.1, 0.15) is 12.6 Å². The highest BCUT2D eigenvalue weighted by Crippen LogP contribution is 2.26. The third-order valence-electron chi connectivity index (χ3n) is 3.05. The molecule has 0 fully saturated rings. The minimum Gasteiger partial charge on any atom is -1.00 e. The third kappa shape index (κ3) is 2.63. The molecule has 0 unspecified atom stereocenters. The molecule has 0 amide bonds. The third-order valence-corrected chi connectivity index (χ3v) is 3.05. The van der Waals surface area contributed by atoms with Crippen LogP contribution in [0.15, 0.2) is 41.1 Å². The summed E-state index contributed by atoms with van der Waals surface area (Å²) in [5.41, 5.74) is 5.14. The average Bonchev–Trinajstić information content (AvgIpc) is 2.74. The normalized spacial score (nSPS) is 10.5. The van der Waals surface area contributed by atoms with Gasteiger partial charge in [-0.15, -0.1) is 0 Å². The highest BCUT2D eigenvalue weighted by molar-refractivity contribution is 5.79. The molecule has 0 atom stereocenters. The molecule has 0 spiro atoms. The smallest absolute Gasteiger partial charge is 0.227 e. The van der Waals surface area contributed by atoms with E-state index in [0.29, 0.717) is 5.89 Å². The Morgan fingerprint density at radius 1 is 1.11 bits per heavy atom. The molecule has 2 aromatic heterocycles. The number of hydrogen-bond acceptors (Lipinski definition) is 2. The van der Waals surface area contributed by atoms with Crippen LogP contribution in [0.2, 0.25) is 0 Å². The van der Waals surface area contributed by atoms with E-state index in [1.807, 2.05) is 36.1 Å². The summed E-state index contributed by atoms with van der Waals surface area (Å²) in [4.78, 5) is 4.56. The van der Waals surface area contributed by atoms with Crippen LogP contribution in [0, 0.1) is 13.8 Å². The van der Waals surface area contributed by atoms with Gasteiger partial charge in [0.15, 0.2) is 18.0 Å². The molecule has 0 aliphatic carbocycles. The van der Waals surface area contributed by atoms with E-state index in [1.54, 1.807) is 0 Å². The Hall–Kier alpha value is -1.43. The van der Waals surface area contributed by atoms with Gasteiger partial charge in [-0.05, 0) is 31.0 Å². The molecule has 2 heterocycles. The van der Waals surface area contributed by atoms with Crippen LogP contribution in [0.4, 0.5) is 0 Å². The van der Waals surface area contributed by atoms with Gasteiger partial charge in [-0.25, -0.2) is 9.55 Å². The van der Waals surface area contributed by atoms with Gasteiger partial charge in [-0.3, -0.25) is 0 Å². The summed E-state index contributed by atoms with van der Waals surface area (Å²) in [6.07, 6.45) is 3.98. The number of benzene rings is 1. The summed E-state index contributed by atoms with van der Waals surface area (Å²) in [5.74, 6) is 0.680. The van der Waals surface area contributed by atoms with Gasteiger partial charge in [0.25, 0.3) is 0 Å². The number of pyridine rings is 1. The summed E-state index contributed by atoms with van der Waals surface area (Å²) >= 11 is 0. The van der Waals surface area contributed by atoms with Crippen LogP contribution in [0.1, 0.15) is 11.1 Å². The van der Waals surface area contributed by atoms with Gasteiger partial charge in [-0.2, -0.15) is 0 Å². The summed E-state index contributed by atoms with van der Waals surface area (Å²) in [5, 5.41) is 0. The van der Waals surface area contributed by atoms with Crippen molar-refractivity contribution < 1.29 is 33.0 Å². The van der Waals surface area contributed by atoms with Crippen LogP contribution in [-0.4, -0.2) is 4.98 Å². The van der Waals surface area contributed by atoms with Gasteiger partial charge >= 0.3 is 0 Å². The highest BCUT2D eigenvalue weighted by atomic mass is 127. The molecule has 0 aliphatic rings. The van der Waals surface area contributed by atoms with Gasteiger partial charge in [0, 0.05) is 17.7 Å². The largest absolute Gasteiger partial charge is 1.00 e. The molecule has 0 bridgehead atoms. The molecule has 4 heteroatoms. The highest BCUT2D eigenvalue weighted by Gasteiger charge is 2.11. The van der Waals surface area contributed by atoms with Crippen LogP contribution >= 0.6 is 0 Å². The maximum absolute atomic E-state index is 5.86. The molecule has 3 aromatic rings. The first-order valence-corrected chi connectivity index (χ1v) is 5.97. The number of aromatic nitrogens is 2. The Balaban J connectivity index is 0.00000133. The molecule has 1 aromatic carbocycles. The van der Waals surface area contributed by atoms with Gasteiger partial charge in [-0.1, -0.05) is 6.07 Å². The lowest BCUT2D eigenvalue weighted by Crippen LogP contribution is -3.00. The molecular weight excluding hydrogens is 351 g/mol. The number of oxazole rings is 1. The Bertz CT molecular complexity index is 717. The molecule has 3 nitrogen and oxygen atoms in total. The molecule has 98 valence electrons. The maximum Gasteiger partial charge on any atom is 0.227 e. The second-order valence-electron chi connectivity index (χ2n) is 4.70. The zero-order chi connectivity index (χ0) is 12.7. The first-order valence-electron chi connectivity index (χ1n) is 5.97.